The molecular weight excluding hydrogens is 294 g/mol. The first-order chi connectivity index (χ1) is 10.0. The number of carboxylic acid groups (broad SMARTS) is 1. The van der Waals surface area contributed by atoms with Crippen LogP contribution in [0.5, 0.6) is 0 Å². The maximum atomic E-state index is 11.1. The first-order valence-corrected chi connectivity index (χ1v) is 6.40. The molecule has 104 valence electrons. The molecule has 21 heavy (non-hydrogen) atoms. The topological polar surface area (TPSA) is 117 Å². The molecule has 0 fully saturated rings. The van der Waals surface area contributed by atoms with Gasteiger partial charge in [-0.15, -0.1) is 0 Å². The average Bonchev–Trinajstić information content (AvgIpc) is 2.47. The molecule has 0 amide bonds. The number of hydrogen-bond donors (Lipinski definition) is 1. The van der Waals surface area contributed by atoms with Crippen LogP contribution in [0.1, 0.15) is 16.1 Å². The van der Waals surface area contributed by atoms with Gasteiger partial charge in [0.15, 0.2) is 0 Å². The fourth-order valence-electron chi connectivity index (χ4n) is 1.57. The molecule has 0 atom stereocenters. The van der Waals surface area contributed by atoms with Gasteiger partial charge in [0.25, 0.3) is 0 Å². The van der Waals surface area contributed by atoms with E-state index in [0.29, 0.717) is 9.92 Å². The molecule has 2 aromatic rings. The van der Waals surface area contributed by atoms with Crippen molar-refractivity contribution in [1.29, 1.82) is 5.26 Å². The van der Waals surface area contributed by atoms with Crippen LogP contribution in [0.15, 0.2) is 46.3 Å². The SMILES string of the molecule is N#Cc1nc(Sc2ccccc2C(=O)O)ccc1[N+](=O)[O-]. The zero-order valence-electron chi connectivity index (χ0n) is 10.4. The van der Waals surface area contributed by atoms with Crippen LogP contribution in [-0.2, 0) is 0 Å². The van der Waals surface area contributed by atoms with E-state index in [2.05, 4.69) is 4.98 Å². The number of nitrogens with zero attached hydrogens (tertiary/aromatic N) is 3. The first-order valence-electron chi connectivity index (χ1n) is 5.58. The van der Waals surface area contributed by atoms with Crippen molar-refractivity contribution in [3.8, 4) is 6.07 Å². The third-order valence-electron chi connectivity index (χ3n) is 2.48. The molecule has 1 aromatic carbocycles. The van der Waals surface area contributed by atoms with Crippen LogP contribution in [-0.4, -0.2) is 21.0 Å². The summed E-state index contributed by atoms with van der Waals surface area (Å²) in [4.78, 5) is 25.5. The average molecular weight is 301 g/mol. The molecular formula is C13H7N3O4S. The second kappa shape index (κ2) is 6.02. The Morgan fingerprint density at radius 3 is 2.67 bits per heavy atom. The Bertz CT molecular complexity index is 770. The van der Waals surface area contributed by atoms with Gasteiger partial charge in [-0.05, 0) is 18.2 Å². The maximum Gasteiger partial charge on any atom is 0.336 e. The van der Waals surface area contributed by atoms with Crippen LogP contribution in [0, 0.1) is 21.4 Å². The highest BCUT2D eigenvalue weighted by Crippen LogP contribution is 2.30. The zero-order chi connectivity index (χ0) is 15.4. The van der Waals surface area contributed by atoms with Gasteiger partial charge < -0.3 is 5.11 Å². The minimum Gasteiger partial charge on any atom is -0.478 e. The minimum absolute atomic E-state index is 0.0983. The number of aromatic nitrogens is 1. The molecule has 0 aliphatic carbocycles. The molecule has 0 bridgehead atoms. The Hall–Kier alpha value is -2.92. The van der Waals surface area contributed by atoms with Crippen LogP contribution >= 0.6 is 11.8 Å². The van der Waals surface area contributed by atoms with Crippen molar-refractivity contribution in [2.75, 3.05) is 0 Å². The van der Waals surface area contributed by atoms with Crippen molar-refractivity contribution in [2.24, 2.45) is 0 Å². The Morgan fingerprint density at radius 2 is 2.05 bits per heavy atom. The lowest BCUT2D eigenvalue weighted by Gasteiger charge is -2.05. The number of nitriles is 1. The van der Waals surface area contributed by atoms with Crippen molar-refractivity contribution >= 4 is 23.4 Å². The summed E-state index contributed by atoms with van der Waals surface area (Å²) in [6.07, 6.45) is 0. The molecule has 0 unspecified atom stereocenters. The summed E-state index contributed by atoms with van der Waals surface area (Å²) in [5.74, 6) is -1.08. The maximum absolute atomic E-state index is 11.1. The van der Waals surface area contributed by atoms with E-state index >= 15 is 0 Å². The first kappa shape index (κ1) is 14.5. The zero-order valence-corrected chi connectivity index (χ0v) is 11.2. The number of hydrogen-bond acceptors (Lipinski definition) is 6. The van der Waals surface area contributed by atoms with Crippen molar-refractivity contribution in [1.82, 2.24) is 4.98 Å². The van der Waals surface area contributed by atoms with Crippen LogP contribution in [0.2, 0.25) is 0 Å². The molecule has 7 nitrogen and oxygen atoms in total. The number of pyridine rings is 1. The highest BCUT2D eigenvalue weighted by Gasteiger charge is 2.17. The number of nitro groups is 1. The van der Waals surface area contributed by atoms with Crippen LogP contribution in [0.3, 0.4) is 0 Å². The Kier molecular flexibility index (Phi) is 4.15. The lowest BCUT2D eigenvalue weighted by molar-refractivity contribution is -0.385. The van der Waals surface area contributed by atoms with E-state index in [4.69, 9.17) is 10.4 Å². The van der Waals surface area contributed by atoms with E-state index in [0.717, 1.165) is 11.8 Å². The van der Waals surface area contributed by atoms with Gasteiger partial charge in [-0.25, -0.2) is 9.78 Å². The van der Waals surface area contributed by atoms with Gasteiger partial charge in [0.05, 0.1) is 10.5 Å². The highest BCUT2D eigenvalue weighted by atomic mass is 32.2. The van der Waals surface area contributed by atoms with E-state index in [1.165, 1.54) is 18.2 Å². The number of carbonyl (C=O) groups is 1. The quantitative estimate of drug-likeness (QED) is 0.681. The molecule has 2 rings (SSSR count). The number of carboxylic acids is 1. The Balaban J connectivity index is 2.40. The van der Waals surface area contributed by atoms with E-state index in [1.807, 2.05) is 0 Å². The van der Waals surface area contributed by atoms with Gasteiger partial charge in [-0.3, -0.25) is 10.1 Å². The lowest BCUT2D eigenvalue weighted by atomic mass is 10.2. The summed E-state index contributed by atoms with van der Waals surface area (Å²) >= 11 is 1.03. The summed E-state index contributed by atoms with van der Waals surface area (Å²) in [6, 6.07) is 10.5. The lowest BCUT2D eigenvalue weighted by Crippen LogP contribution is -1.99. The fraction of sp³-hybridized carbons (Fsp3) is 0. The Labute approximate surface area is 123 Å². The molecule has 1 N–H and O–H groups in total. The summed E-state index contributed by atoms with van der Waals surface area (Å²) in [7, 11) is 0. The molecule has 0 radical (unpaired) electrons. The van der Waals surface area contributed by atoms with Gasteiger partial charge >= 0.3 is 11.7 Å². The third-order valence-corrected chi connectivity index (χ3v) is 3.50. The van der Waals surface area contributed by atoms with Crippen molar-refractivity contribution in [3.63, 3.8) is 0 Å². The molecule has 0 saturated carbocycles. The standard InChI is InChI=1S/C13H7N3O4S/c14-7-9-10(16(19)20)5-6-12(15-9)21-11-4-2-1-3-8(11)13(17)18/h1-6H,(H,17,18). The molecule has 1 heterocycles. The monoisotopic (exact) mass is 301 g/mol. The van der Waals surface area contributed by atoms with Gasteiger partial charge in [0, 0.05) is 11.0 Å². The summed E-state index contributed by atoms with van der Waals surface area (Å²) < 4.78 is 0. The second-order valence-electron chi connectivity index (χ2n) is 3.79. The van der Waals surface area contributed by atoms with Crippen molar-refractivity contribution < 1.29 is 14.8 Å². The predicted octanol–water partition coefficient (Wildman–Crippen LogP) is 2.71. The third kappa shape index (κ3) is 3.16. The second-order valence-corrected chi connectivity index (χ2v) is 4.85. The molecule has 0 saturated heterocycles. The predicted molar refractivity (Wildman–Crippen MR) is 73.1 cm³/mol. The molecule has 0 spiro atoms. The van der Waals surface area contributed by atoms with Crippen LogP contribution < -0.4 is 0 Å². The molecule has 1 aromatic heterocycles. The van der Waals surface area contributed by atoms with Crippen LogP contribution in [0.4, 0.5) is 5.69 Å². The van der Waals surface area contributed by atoms with Gasteiger partial charge in [-0.1, -0.05) is 23.9 Å². The van der Waals surface area contributed by atoms with Gasteiger partial charge in [0.1, 0.15) is 11.1 Å². The van der Waals surface area contributed by atoms with Crippen LogP contribution in [0.25, 0.3) is 0 Å². The summed E-state index contributed by atoms with van der Waals surface area (Å²) in [5.41, 5.74) is -0.590. The number of aromatic carboxylic acids is 1. The highest BCUT2D eigenvalue weighted by molar-refractivity contribution is 7.99. The largest absolute Gasteiger partial charge is 0.478 e. The fourth-order valence-corrected chi connectivity index (χ4v) is 2.48. The van der Waals surface area contributed by atoms with E-state index in [9.17, 15) is 14.9 Å². The molecule has 8 heteroatoms. The minimum atomic E-state index is -1.08. The van der Waals surface area contributed by atoms with E-state index in [-0.39, 0.29) is 16.9 Å². The van der Waals surface area contributed by atoms with Gasteiger partial charge in [-0.2, -0.15) is 5.26 Å². The normalized spacial score (nSPS) is 9.86. The molecule has 0 aliphatic heterocycles. The van der Waals surface area contributed by atoms with E-state index in [1.54, 1.807) is 24.3 Å². The Morgan fingerprint density at radius 1 is 1.33 bits per heavy atom. The summed E-state index contributed by atoms with van der Waals surface area (Å²) in [6.45, 7) is 0. The van der Waals surface area contributed by atoms with Crippen molar-refractivity contribution in [2.45, 2.75) is 9.92 Å². The summed E-state index contributed by atoms with van der Waals surface area (Å²) in [5, 5.41) is 29.0. The van der Waals surface area contributed by atoms with E-state index < -0.39 is 10.9 Å². The number of rotatable bonds is 4. The molecule has 0 aliphatic rings. The number of benzene rings is 1. The van der Waals surface area contributed by atoms with Gasteiger partial charge in [0.2, 0.25) is 5.69 Å². The smallest absolute Gasteiger partial charge is 0.336 e. The van der Waals surface area contributed by atoms with Crippen molar-refractivity contribution in [3.05, 3.63) is 57.8 Å².